The lowest BCUT2D eigenvalue weighted by molar-refractivity contribution is -0.153. The molecule has 1 aromatic rings. The molecule has 7 heteroatoms. The van der Waals surface area contributed by atoms with Gasteiger partial charge < -0.3 is 14.7 Å². The smallest absolute Gasteiger partial charge is 0.422 e. The fourth-order valence-corrected chi connectivity index (χ4v) is 1.84. The molecule has 1 aromatic carbocycles. The van der Waals surface area contributed by atoms with Crippen molar-refractivity contribution in [3.05, 3.63) is 29.8 Å². The van der Waals surface area contributed by atoms with Gasteiger partial charge in [0.2, 0.25) is 0 Å². The minimum absolute atomic E-state index is 0.157. The summed E-state index contributed by atoms with van der Waals surface area (Å²) in [5.41, 5.74) is 0.585. The second-order valence-electron chi connectivity index (χ2n) is 4.95. The van der Waals surface area contributed by atoms with Crippen molar-refractivity contribution >= 4 is 5.97 Å². The van der Waals surface area contributed by atoms with E-state index in [0.29, 0.717) is 18.7 Å². The molecule has 118 valence electrons. The molecule has 0 aliphatic heterocycles. The van der Waals surface area contributed by atoms with Crippen LogP contribution < -0.4 is 4.74 Å². The Bertz CT molecular complexity index is 477. The Morgan fingerprint density at radius 3 is 2.57 bits per heavy atom. The maximum Gasteiger partial charge on any atom is 0.422 e. The molecule has 0 spiro atoms. The van der Waals surface area contributed by atoms with Crippen LogP contribution in [0.4, 0.5) is 13.2 Å². The summed E-state index contributed by atoms with van der Waals surface area (Å²) in [7, 11) is 1.71. The lowest BCUT2D eigenvalue weighted by atomic mass is 10.1. The summed E-state index contributed by atoms with van der Waals surface area (Å²) in [4.78, 5) is 12.5. The number of carboxylic acid groups (broad SMARTS) is 1. The molecule has 0 saturated heterocycles. The molecule has 0 bridgehead atoms. The van der Waals surface area contributed by atoms with Gasteiger partial charge in [0, 0.05) is 18.7 Å². The highest BCUT2D eigenvalue weighted by Crippen LogP contribution is 2.23. The monoisotopic (exact) mass is 305 g/mol. The molecule has 0 aliphatic carbocycles. The first kappa shape index (κ1) is 17.3. The van der Waals surface area contributed by atoms with Gasteiger partial charge in [0.25, 0.3) is 0 Å². The number of hydrogen-bond donors (Lipinski definition) is 1. The quantitative estimate of drug-likeness (QED) is 0.841. The molecule has 0 radical (unpaired) electrons. The van der Waals surface area contributed by atoms with E-state index in [1.807, 2.05) is 0 Å². The number of ether oxygens (including phenoxy) is 1. The predicted octanol–water partition coefficient (Wildman–Crippen LogP) is 2.78. The second kappa shape index (κ2) is 7.31. The molecule has 0 amide bonds. The Labute approximate surface area is 121 Å². The minimum atomic E-state index is -4.39. The van der Waals surface area contributed by atoms with Gasteiger partial charge in [0.05, 0.1) is 5.92 Å². The number of benzene rings is 1. The highest BCUT2D eigenvalue weighted by atomic mass is 19.4. The summed E-state index contributed by atoms with van der Waals surface area (Å²) in [5.74, 6) is -1.31. The number of carboxylic acids is 1. The van der Waals surface area contributed by atoms with Crippen LogP contribution in [-0.2, 0) is 11.3 Å². The summed E-state index contributed by atoms with van der Waals surface area (Å²) in [5, 5.41) is 8.85. The topological polar surface area (TPSA) is 49.8 Å². The van der Waals surface area contributed by atoms with E-state index in [1.54, 1.807) is 37.1 Å². The third kappa shape index (κ3) is 6.48. The molecule has 1 N–H and O–H groups in total. The predicted molar refractivity (Wildman–Crippen MR) is 71.1 cm³/mol. The van der Waals surface area contributed by atoms with Crippen LogP contribution >= 0.6 is 0 Å². The van der Waals surface area contributed by atoms with E-state index >= 15 is 0 Å². The van der Waals surface area contributed by atoms with Crippen LogP contribution in [0.2, 0.25) is 0 Å². The standard InChI is InChI=1S/C14H18F3NO3/c1-10(13(19)20)7-18(2)8-11-5-3-4-6-12(11)21-9-14(15,16)17/h3-6,10H,7-9H2,1-2H3,(H,19,20). The first-order valence-corrected chi connectivity index (χ1v) is 6.38. The molecular formula is C14H18F3NO3. The summed E-state index contributed by atoms with van der Waals surface area (Å²) in [6.07, 6.45) is -4.39. The van der Waals surface area contributed by atoms with Gasteiger partial charge in [-0.05, 0) is 13.1 Å². The van der Waals surface area contributed by atoms with E-state index in [-0.39, 0.29) is 5.75 Å². The highest BCUT2D eigenvalue weighted by Gasteiger charge is 2.28. The lowest BCUT2D eigenvalue weighted by Crippen LogP contribution is -2.28. The number of hydrogen-bond acceptors (Lipinski definition) is 3. The van der Waals surface area contributed by atoms with Crippen molar-refractivity contribution in [3.8, 4) is 5.75 Å². The maximum absolute atomic E-state index is 12.2. The zero-order valence-corrected chi connectivity index (χ0v) is 11.9. The molecule has 0 aliphatic rings. The summed E-state index contributed by atoms with van der Waals surface area (Å²) < 4.78 is 41.4. The lowest BCUT2D eigenvalue weighted by Gasteiger charge is -2.21. The van der Waals surface area contributed by atoms with Crippen molar-refractivity contribution < 1.29 is 27.8 Å². The van der Waals surface area contributed by atoms with Crippen molar-refractivity contribution in [1.82, 2.24) is 4.90 Å². The van der Waals surface area contributed by atoms with Crippen LogP contribution in [0.3, 0.4) is 0 Å². The van der Waals surface area contributed by atoms with Crippen molar-refractivity contribution in [2.75, 3.05) is 20.2 Å². The van der Waals surface area contributed by atoms with Gasteiger partial charge in [-0.3, -0.25) is 4.79 Å². The molecule has 0 fully saturated rings. The van der Waals surface area contributed by atoms with E-state index in [4.69, 9.17) is 9.84 Å². The number of alkyl halides is 3. The molecule has 4 nitrogen and oxygen atoms in total. The Morgan fingerprint density at radius 1 is 1.38 bits per heavy atom. The Morgan fingerprint density at radius 2 is 2.00 bits per heavy atom. The van der Waals surface area contributed by atoms with Crippen LogP contribution in [0.1, 0.15) is 12.5 Å². The third-order valence-electron chi connectivity index (χ3n) is 2.81. The molecule has 0 aromatic heterocycles. The first-order valence-electron chi connectivity index (χ1n) is 6.38. The average Bonchev–Trinajstić information content (AvgIpc) is 2.36. The zero-order valence-electron chi connectivity index (χ0n) is 11.9. The van der Waals surface area contributed by atoms with Crippen LogP contribution in [-0.4, -0.2) is 42.4 Å². The number of para-hydroxylation sites is 1. The zero-order chi connectivity index (χ0) is 16.0. The van der Waals surface area contributed by atoms with Crippen molar-refractivity contribution in [2.45, 2.75) is 19.6 Å². The fourth-order valence-electron chi connectivity index (χ4n) is 1.84. The van der Waals surface area contributed by atoms with E-state index in [1.165, 1.54) is 6.07 Å². The Hall–Kier alpha value is -1.76. The molecule has 0 saturated carbocycles. The summed E-state index contributed by atoms with van der Waals surface area (Å²) in [6.45, 7) is 0.832. The van der Waals surface area contributed by atoms with E-state index < -0.39 is 24.7 Å². The van der Waals surface area contributed by atoms with Crippen LogP contribution in [0.5, 0.6) is 5.75 Å². The third-order valence-corrected chi connectivity index (χ3v) is 2.81. The molecular weight excluding hydrogens is 287 g/mol. The number of carbonyl (C=O) groups is 1. The van der Waals surface area contributed by atoms with Gasteiger partial charge in [-0.25, -0.2) is 0 Å². The Balaban J connectivity index is 2.68. The first-order chi connectivity index (χ1) is 9.69. The van der Waals surface area contributed by atoms with Crippen molar-refractivity contribution in [1.29, 1.82) is 0 Å². The number of rotatable bonds is 7. The van der Waals surface area contributed by atoms with Gasteiger partial charge in [0.15, 0.2) is 6.61 Å². The normalized spacial score (nSPS) is 13.2. The van der Waals surface area contributed by atoms with Crippen LogP contribution in [0, 0.1) is 5.92 Å². The highest BCUT2D eigenvalue weighted by molar-refractivity contribution is 5.69. The minimum Gasteiger partial charge on any atom is -0.484 e. The van der Waals surface area contributed by atoms with Gasteiger partial charge in [-0.15, -0.1) is 0 Å². The Kier molecular flexibility index (Phi) is 6.02. The largest absolute Gasteiger partial charge is 0.484 e. The van der Waals surface area contributed by atoms with Crippen LogP contribution in [0.25, 0.3) is 0 Å². The molecule has 1 rings (SSSR count). The average molecular weight is 305 g/mol. The van der Waals surface area contributed by atoms with Crippen molar-refractivity contribution in [2.24, 2.45) is 5.92 Å². The SMILES string of the molecule is CC(CN(C)Cc1ccccc1OCC(F)(F)F)C(=O)O. The van der Waals surface area contributed by atoms with Gasteiger partial charge in [-0.2, -0.15) is 13.2 Å². The van der Waals surface area contributed by atoms with Gasteiger partial charge in [0.1, 0.15) is 5.75 Å². The van der Waals surface area contributed by atoms with Gasteiger partial charge in [-0.1, -0.05) is 25.1 Å². The van der Waals surface area contributed by atoms with E-state index in [2.05, 4.69) is 0 Å². The van der Waals surface area contributed by atoms with Crippen molar-refractivity contribution in [3.63, 3.8) is 0 Å². The number of nitrogens with zero attached hydrogens (tertiary/aromatic N) is 1. The van der Waals surface area contributed by atoms with E-state index in [0.717, 1.165) is 0 Å². The molecule has 21 heavy (non-hydrogen) atoms. The van der Waals surface area contributed by atoms with Crippen LogP contribution in [0.15, 0.2) is 24.3 Å². The van der Waals surface area contributed by atoms with Gasteiger partial charge >= 0.3 is 12.1 Å². The fraction of sp³-hybridized carbons (Fsp3) is 0.500. The molecule has 1 unspecified atom stereocenters. The maximum atomic E-state index is 12.2. The number of halogens is 3. The number of aliphatic carboxylic acids is 1. The summed E-state index contributed by atoms with van der Waals surface area (Å²) in [6, 6.07) is 6.42. The molecule has 0 heterocycles. The van der Waals surface area contributed by atoms with E-state index in [9.17, 15) is 18.0 Å². The second-order valence-corrected chi connectivity index (χ2v) is 4.95. The molecule has 1 atom stereocenters. The summed E-state index contributed by atoms with van der Waals surface area (Å²) >= 11 is 0.